The van der Waals surface area contributed by atoms with Gasteiger partial charge >= 0.3 is 0 Å². The van der Waals surface area contributed by atoms with Crippen molar-refractivity contribution in [3.05, 3.63) is 94.8 Å². The zero-order valence-electron chi connectivity index (χ0n) is 16.9. The molecule has 0 saturated carbocycles. The fourth-order valence-electron chi connectivity index (χ4n) is 2.83. The molecule has 4 rings (SSSR count). The number of hydrogen-bond acceptors (Lipinski definition) is 5. The number of thiazole rings is 1. The molecule has 8 heteroatoms. The Morgan fingerprint density at radius 1 is 1.16 bits per heavy atom. The average molecular weight is 466 g/mol. The first-order chi connectivity index (χ1) is 15.5. The van der Waals surface area contributed by atoms with Crippen molar-refractivity contribution >= 4 is 56.5 Å². The van der Waals surface area contributed by atoms with Gasteiger partial charge in [0.15, 0.2) is 0 Å². The molecule has 0 aliphatic heterocycles. The number of rotatable bonds is 6. The van der Waals surface area contributed by atoms with Crippen molar-refractivity contribution in [2.75, 3.05) is 12.1 Å². The van der Waals surface area contributed by atoms with Gasteiger partial charge in [-0.25, -0.2) is 9.37 Å². The Balaban J connectivity index is 1.69. The maximum absolute atomic E-state index is 13.2. The normalized spacial score (nSPS) is 11.5. The molecule has 0 spiro atoms. The summed E-state index contributed by atoms with van der Waals surface area (Å²) >= 11 is 7.49. The summed E-state index contributed by atoms with van der Waals surface area (Å²) in [6.07, 6.45) is 4.49. The van der Waals surface area contributed by atoms with Crippen molar-refractivity contribution in [2.24, 2.45) is 5.10 Å². The number of ether oxygens (including phenoxy) is 1. The number of benzene rings is 3. The van der Waals surface area contributed by atoms with Crippen molar-refractivity contribution in [2.45, 2.75) is 0 Å². The molecule has 0 N–H and O–H groups in total. The van der Waals surface area contributed by atoms with Gasteiger partial charge in [-0.3, -0.25) is 4.79 Å². The molecule has 0 fully saturated rings. The number of carbonyl (C=O) groups is 1. The van der Waals surface area contributed by atoms with Crippen LogP contribution in [0.3, 0.4) is 0 Å². The van der Waals surface area contributed by atoms with E-state index in [1.807, 2.05) is 30.3 Å². The molecule has 1 aromatic heterocycles. The summed E-state index contributed by atoms with van der Waals surface area (Å²) in [5.41, 5.74) is 2.07. The second-order valence-electron chi connectivity index (χ2n) is 6.63. The number of methoxy groups -OCH3 is 1. The molecule has 0 atom stereocenters. The molecular weight excluding hydrogens is 449 g/mol. The summed E-state index contributed by atoms with van der Waals surface area (Å²) in [4.78, 5) is 17.6. The highest BCUT2D eigenvalue weighted by molar-refractivity contribution is 7.22. The molecule has 0 bridgehead atoms. The lowest BCUT2D eigenvalue weighted by Gasteiger charge is -2.11. The first kappa shape index (κ1) is 21.7. The molecule has 3 aromatic carbocycles. The second kappa shape index (κ2) is 9.72. The van der Waals surface area contributed by atoms with Gasteiger partial charge in [-0.1, -0.05) is 53.3 Å². The van der Waals surface area contributed by atoms with Gasteiger partial charge in [0.2, 0.25) is 5.13 Å². The summed E-state index contributed by atoms with van der Waals surface area (Å²) in [6.45, 7) is 0. The molecular formula is C24H17ClFN3O2S. The average Bonchev–Trinajstić information content (AvgIpc) is 3.22. The Morgan fingerprint density at radius 2 is 1.94 bits per heavy atom. The van der Waals surface area contributed by atoms with Crippen LogP contribution in [0.15, 0.2) is 77.9 Å². The van der Waals surface area contributed by atoms with E-state index in [2.05, 4.69) is 10.1 Å². The monoisotopic (exact) mass is 465 g/mol. The van der Waals surface area contributed by atoms with Crippen molar-refractivity contribution < 1.29 is 13.9 Å². The fourth-order valence-corrected chi connectivity index (χ4v) is 3.98. The van der Waals surface area contributed by atoms with Gasteiger partial charge in [0, 0.05) is 11.1 Å². The number of hydrazone groups is 1. The quantitative estimate of drug-likeness (QED) is 0.194. The van der Waals surface area contributed by atoms with Gasteiger partial charge in [-0.2, -0.15) is 10.1 Å². The van der Waals surface area contributed by atoms with Gasteiger partial charge in [-0.15, -0.1) is 0 Å². The Hall–Kier alpha value is -3.55. The number of halogens is 2. The van der Waals surface area contributed by atoms with Gasteiger partial charge in [0.25, 0.3) is 5.91 Å². The fraction of sp³-hybridized carbons (Fsp3) is 0.0417. The number of carbonyl (C=O) groups excluding carboxylic acids is 1. The number of hydrogen-bond donors (Lipinski definition) is 0. The van der Waals surface area contributed by atoms with Gasteiger partial charge in [0.05, 0.1) is 23.5 Å². The Labute approximate surface area is 193 Å². The van der Waals surface area contributed by atoms with Crippen LogP contribution in [0, 0.1) is 5.82 Å². The highest BCUT2D eigenvalue weighted by Crippen LogP contribution is 2.32. The third-order valence-electron chi connectivity index (χ3n) is 4.48. The van der Waals surface area contributed by atoms with Crippen LogP contribution in [0.2, 0.25) is 5.02 Å². The number of nitrogens with zero attached hydrogens (tertiary/aromatic N) is 3. The Bertz CT molecular complexity index is 1320. The minimum atomic E-state index is -0.408. The summed E-state index contributed by atoms with van der Waals surface area (Å²) in [7, 11) is 1.59. The van der Waals surface area contributed by atoms with E-state index >= 15 is 0 Å². The maximum Gasteiger partial charge on any atom is 0.273 e. The van der Waals surface area contributed by atoms with Crippen LogP contribution in [0.5, 0.6) is 5.75 Å². The van der Waals surface area contributed by atoms with Crippen molar-refractivity contribution in [3.63, 3.8) is 0 Å². The zero-order chi connectivity index (χ0) is 22.5. The first-order valence-corrected chi connectivity index (χ1v) is 10.7. The molecule has 160 valence electrons. The SMILES string of the molecule is COc1ccc2nc(N(/N=C/c3ccc(F)cc3)C(=O)/C=C/c3ccccc3Cl)sc2c1. The van der Waals surface area contributed by atoms with Crippen LogP contribution in [0.1, 0.15) is 11.1 Å². The number of fused-ring (bicyclic) bond motifs is 1. The van der Waals surface area contributed by atoms with Crippen LogP contribution in [0.4, 0.5) is 9.52 Å². The number of aromatic nitrogens is 1. The first-order valence-electron chi connectivity index (χ1n) is 9.54. The van der Waals surface area contributed by atoms with Crippen LogP contribution < -0.4 is 9.75 Å². The lowest BCUT2D eigenvalue weighted by molar-refractivity contribution is -0.114. The van der Waals surface area contributed by atoms with Gasteiger partial charge < -0.3 is 4.74 Å². The number of anilines is 1. The lowest BCUT2D eigenvalue weighted by Crippen LogP contribution is -2.23. The molecule has 1 heterocycles. The molecule has 0 unspecified atom stereocenters. The highest BCUT2D eigenvalue weighted by atomic mass is 35.5. The van der Waals surface area contributed by atoms with E-state index in [1.54, 1.807) is 37.5 Å². The highest BCUT2D eigenvalue weighted by Gasteiger charge is 2.18. The molecule has 5 nitrogen and oxygen atoms in total. The van der Waals surface area contributed by atoms with Crippen LogP contribution in [0.25, 0.3) is 16.3 Å². The minimum Gasteiger partial charge on any atom is -0.497 e. The smallest absolute Gasteiger partial charge is 0.273 e. The molecule has 0 saturated heterocycles. The van der Waals surface area contributed by atoms with E-state index in [9.17, 15) is 9.18 Å². The van der Waals surface area contributed by atoms with Crippen molar-refractivity contribution in [1.29, 1.82) is 0 Å². The molecule has 0 aliphatic rings. The molecule has 1 amide bonds. The van der Waals surface area contributed by atoms with Crippen LogP contribution in [-0.4, -0.2) is 24.2 Å². The van der Waals surface area contributed by atoms with Crippen molar-refractivity contribution in [1.82, 2.24) is 4.98 Å². The summed E-state index contributed by atoms with van der Waals surface area (Å²) < 4.78 is 19.3. The van der Waals surface area contributed by atoms with Gasteiger partial charge in [-0.05, 0) is 53.6 Å². The lowest BCUT2D eigenvalue weighted by atomic mass is 10.2. The van der Waals surface area contributed by atoms with E-state index < -0.39 is 5.91 Å². The largest absolute Gasteiger partial charge is 0.497 e. The van der Waals surface area contributed by atoms with Crippen molar-refractivity contribution in [3.8, 4) is 5.75 Å². The van der Waals surface area contributed by atoms with Gasteiger partial charge in [0.1, 0.15) is 11.6 Å². The molecule has 0 radical (unpaired) electrons. The summed E-state index contributed by atoms with van der Waals surface area (Å²) in [5.74, 6) is -0.0637. The standard InChI is InChI=1S/C24H17ClFN3O2S/c1-31-19-11-12-21-22(14-19)32-24(28-21)29(27-15-16-6-9-18(26)10-7-16)23(30)13-8-17-4-2-3-5-20(17)25/h2-15H,1H3/b13-8+,27-15+. The number of amides is 1. The Morgan fingerprint density at radius 3 is 2.69 bits per heavy atom. The predicted octanol–water partition coefficient (Wildman–Crippen LogP) is 6.18. The molecule has 0 aliphatic carbocycles. The maximum atomic E-state index is 13.2. The van der Waals surface area contributed by atoms with E-state index in [0.29, 0.717) is 27.0 Å². The Kier molecular flexibility index (Phi) is 6.58. The van der Waals surface area contributed by atoms with E-state index in [-0.39, 0.29) is 5.82 Å². The summed E-state index contributed by atoms with van der Waals surface area (Å²) in [5, 5.41) is 6.46. The third kappa shape index (κ3) is 5.01. The van der Waals surface area contributed by atoms with E-state index in [4.69, 9.17) is 16.3 Å². The topological polar surface area (TPSA) is 54.8 Å². The molecule has 4 aromatic rings. The minimum absolute atomic E-state index is 0.349. The second-order valence-corrected chi connectivity index (χ2v) is 8.05. The molecule has 32 heavy (non-hydrogen) atoms. The van der Waals surface area contributed by atoms with Crippen LogP contribution >= 0.6 is 22.9 Å². The van der Waals surface area contributed by atoms with Crippen LogP contribution in [-0.2, 0) is 4.79 Å². The predicted molar refractivity (Wildman–Crippen MR) is 128 cm³/mol. The third-order valence-corrected chi connectivity index (χ3v) is 5.82. The van der Waals surface area contributed by atoms with E-state index in [0.717, 1.165) is 10.2 Å². The summed E-state index contributed by atoms with van der Waals surface area (Å²) in [6, 6.07) is 18.5. The van der Waals surface area contributed by atoms with E-state index in [1.165, 1.54) is 40.8 Å². The zero-order valence-corrected chi connectivity index (χ0v) is 18.5.